The minimum absolute atomic E-state index is 0.153. The Labute approximate surface area is 135 Å². The van der Waals surface area contributed by atoms with Gasteiger partial charge in [-0.2, -0.15) is 0 Å². The highest BCUT2D eigenvalue weighted by molar-refractivity contribution is 9.10. The third-order valence-corrected chi connectivity index (χ3v) is 6.43. The highest BCUT2D eigenvalue weighted by Crippen LogP contribution is 2.48. The molecule has 3 nitrogen and oxygen atoms in total. The lowest BCUT2D eigenvalue weighted by Gasteiger charge is -2.15. The first-order chi connectivity index (χ1) is 8.88. The standard InChI is InChI=1S/C12H14Br2ClNO2S/c13-6-5-12(3-4-12)8-16-19(17,18)9-1-2-11(15)10(14)7-9/h1-2,7,16H,3-6,8H2. The molecule has 1 aliphatic carbocycles. The van der Waals surface area contributed by atoms with E-state index in [1.165, 1.54) is 12.1 Å². The number of hydrogen-bond acceptors (Lipinski definition) is 2. The van der Waals surface area contributed by atoms with Crippen LogP contribution in [0.15, 0.2) is 27.6 Å². The highest BCUT2D eigenvalue weighted by atomic mass is 79.9. The van der Waals surface area contributed by atoms with Gasteiger partial charge in [-0.15, -0.1) is 0 Å². The molecule has 0 amide bonds. The van der Waals surface area contributed by atoms with Gasteiger partial charge in [0.1, 0.15) is 0 Å². The van der Waals surface area contributed by atoms with Crippen molar-refractivity contribution < 1.29 is 8.42 Å². The summed E-state index contributed by atoms with van der Waals surface area (Å²) in [5, 5.41) is 1.40. The molecule has 1 N–H and O–H groups in total. The van der Waals surface area contributed by atoms with Crippen LogP contribution in [0.25, 0.3) is 0 Å². The zero-order valence-electron chi connectivity index (χ0n) is 10.1. The van der Waals surface area contributed by atoms with E-state index in [-0.39, 0.29) is 10.3 Å². The van der Waals surface area contributed by atoms with E-state index in [1.54, 1.807) is 6.07 Å². The molecule has 0 atom stereocenters. The molecule has 2 rings (SSSR count). The minimum Gasteiger partial charge on any atom is -0.211 e. The molecule has 1 fully saturated rings. The van der Waals surface area contributed by atoms with Crippen LogP contribution in [0.3, 0.4) is 0 Å². The van der Waals surface area contributed by atoms with Crippen LogP contribution in [-0.2, 0) is 10.0 Å². The predicted molar refractivity (Wildman–Crippen MR) is 84.4 cm³/mol. The molecule has 0 aliphatic heterocycles. The maximum absolute atomic E-state index is 12.2. The summed E-state index contributed by atoms with van der Waals surface area (Å²) in [6, 6.07) is 4.61. The van der Waals surface area contributed by atoms with Crippen LogP contribution >= 0.6 is 43.5 Å². The molecule has 1 saturated carbocycles. The molecule has 19 heavy (non-hydrogen) atoms. The highest BCUT2D eigenvalue weighted by Gasteiger charge is 2.42. The van der Waals surface area contributed by atoms with E-state index in [9.17, 15) is 8.42 Å². The van der Waals surface area contributed by atoms with E-state index in [4.69, 9.17) is 11.6 Å². The van der Waals surface area contributed by atoms with Gasteiger partial charge in [0.05, 0.1) is 9.92 Å². The predicted octanol–water partition coefficient (Wildman–Crippen LogP) is 3.95. The smallest absolute Gasteiger partial charge is 0.211 e. The summed E-state index contributed by atoms with van der Waals surface area (Å²) < 4.78 is 27.7. The number of nitrogens with one attached hydrogen (secondary N) is 1. The molecule has 0 unspecified atom stereocenters. The SMILES string of the molecule is O=S(=O)(NCC1(CCBr)CC1)c1ccc(Cl)c(Br)c1. The van der Waals surface area contributed by atoms with Gasteiger partial charge in [0, 0.05) is 16.3 Å². The van der Waals surface area contributed by atoms with Gasteiger partial charge in [-0.25, -0.2) is 13.1 Å². The normalized spacial score (nSPS) is 17.4. The monoisotopic (exact) mass is 429 g/mol. The van der Waals surface area contributed by atoms with Crippen LogP contribution in [0, 0.1) is 5.41 Å². The van der Waals surface area contributed by atoms with Crippen molar-refractivity contribution in [1.82, 2.24) is 4.72 Å². The number of benzene rings is 1. The largest absolute Gasteiger partial charge is 0.240 e. The maximum atomic E-state index is 12.2. The van der Waals surface area contributed by atoms with Crippen LogP contribution in [0.2, 0.25) is 5.02 Å². The lowest BCUT2D eigenvalue weighted by molar-refractivity contribution is 0.480. The second-order valence-corrected chi connectivity index (χ2v) is 8.66. The zero-order valence-corrected chi connectivity index (χ0v) is 14.9. The molecule has 1 aromatic rings. The van der Waals surface area contributed by atoms with E-state index >= 15 is 0 Å². The average molecular weight is 432 g/mol. The summed E-state index contributed by atoms with van der Waals surface area (Å²) in [6.07, 6.45) is 3.18. The van der Waals surface area contributed by atoms with E-state index in [1.807, 2.05) is 0 Å². The molecular formula is C12H14Br2ClNO2S. The van der Waals surface area contributed by atoms with E-state index in [0.29, 0.717) is 16.0 Å². The molecule has 0 spiro atoms. The second kappa shape index (κ2) is 6.02. The molecule has 0 aromatic heterocycles. The van der Waals surface area contributed by atoms with Crippen molar-refractivity contribution in [3.05, 3.63) is 27.7 Å². The summed E-state index contributed by atoms with van der Waals surface area (Å²) in [5.41, 5.74) is 0.153. The quantitative estimate of drug-likeness (QED) is 0.694. The molecule has 1 aromatic carbocycles. The molecule has 0 radical (unpaired) electrons. The van der Waals surface area contributed by atoms with Gasteiger partial charge in [0.25, 0.3) is 0 Å². The third-order valence-electron chi connectivity index (χ3n) is 3.42. The van der Waals surface area contributed by atoms with Gasteiger partial charge in [-0.3, -0.25) is 0 Å². The van der Waals surface area contributed by atoms with Gasteiger partial charge >= 0.3 is 0 Å². The molecule has 0 saturated heterocycles. The second-order valence-electron chi connectivity index (χ2n) is 4.84. The lowest BCUT2D eigenvalue weighted by atomic mass is 10.1. The third kappa shape index (κ3) is 3.94. The molecular weight excluding hydrogens is 417 g/mol. The van der Waals surface area contributed by atoms with Crippen LogP contribution in [-0.4, -0.2) is 20.3 Å². The van der Waals surface area contributed by atoms with E-state index in [0.717, 1.165) is 24.6 Å². The summed E-state index contributed by atoms with van der Waals surface area (Å²) >= 11 is 12.5. The molecule has 7 heteroatoms. The van der Waals surface area contributed by atoms with Crippen LogP contribution in [0.5, 0.6) is 0 Å². The fourth-order valence-corrected chi connectivity index (χ4v) is 4.54. The Balaban J connectivity index is 2.08. The number of sulfonamides is 1. The Morgan fingerprint density at radius 2 is 2.05 bits per heavy atom. The Bertz CT molecular complexity index is 573. The van der Waals surface area contributed by atoms with Gasteiger partial charge in [-0.05, 0) is 58.8 Å². The summed E-state index contributed by atoms with van der Waals surface area (Å²) in [7, 11) is -3.46. The van der Waals surface area contributed by atoms with Crippen LogP contribution in [0.1, 0.15) is 19.3 Å². The van der Waals surface area contributed by atoms with Gasteiger partial charge in [-0.1, -0.05) is 27.5 Å². The van der Waals surface area contributed by atoms with Crippen molar-refractivity contribution in [2.24, 2.45) is 5.41 Å². The van der Waals surface area contributed by atoms with Crippen molar-refractivity contribution in [3.63, 3.8) is 0 Å². The van der Waals surface area contributed by atoms with Crippen molar-refractivity contribution >= 4 is 53.5 Å². The molecule has 0 bridgehead atoms. The lowest BCUT2D eigenvalue weighted by Crippen LogP contribution is -2.30. The van der Waals surface area contributed by atoms with Crippen LogP contribution < -0.4 is 4.72 Å². The number of halogens is 3. The van der Waals surface area contributed by atoms with Crippen molar-refractivity contribution in [2.75, 3.05) is 11.9 Å². The Hall–Kier alpha value is 0.380. The Kier molecular flexibility index (Phi) is 4.99. The first-order valence-electron chi connectivity index (χ1n) is 5.89. The maximum Gasteiger partial charge on any atom is 0.240 e. The van der Waals surface area contributed by atoms with E-state index in [2.05, 4.69) is 36.6 Å². The molecule has 1 aliphatic rings. The number of hydrogen-bond donors (Lipinski definition) is 1. The summed E-state index contributed by atoms with van der Waals surface area (Å²) in [4.78, 5) is 0.235. The van der Waals surface area contributed by atoms with Gasteiger partial charge in [0.15, 0.2) is 0 Å². The van der Waals surface area contributed by atoms with E-state index < -0.39 is 10.0 Å². The summed E-state index contributed by atoms with van der Waals surface area (Å²) in [6.45, 7) is 0.501. The van der Waals surface area contributed by atoms with Crippen LogP contribution in [0.4, 0.5) is 0 Å². The van der Waals surface area contributed by atoms with Crippen molar-refractivity contribution in [3.8, 4) is 0 Å². The first kappa shape index (κ1) is 15.8. The fourth-order valence-electron chi connectivity index (χ4n) is 1.87. The average Bonchev–Trinajstić information content (AvgIpc) is 3.11. The fraction of sp³-hybridized carbons (Fsp3) is 0.500. The minimum atomic E-state index is -3.46. The summed E-state index contributed by atoms with van der Waals surface area (Å²) in [5.74, 6) is 0. The van der Waals surface area contributed by atoms with Crippen molar-refractivity contribution in [1.29, 1.82) is 0 Å². The number of rotatable bonds is 6. The molecule has 0 heterocycles. The Morgan fingerprint density at radius 1 is 1.37 bits per heavy atom. The van der Waals surface area contributed by atoms with Crippen molar-refractivity contribution in [2.45, 2.75) is 24.2 Å². The first-order valence-corrected chi connectivity index (χ1v) is 9.67. The van der Waals surface area contributed by atoms with Gasteiger partial charge in [0.2, 0.25) is 10.0 Å². The molecule has 106 valence electrons. The zero-order chi connectivity index (χ0) is 14.1. The Morgan fingerprint density at radius 3 is 2.58 bits per heavy atom. The number of alkyl halides is 1. The van der Waals surface area contributed by atoms with Gasteiger partial charge < -0.3 is 0 Å². The topological polar surface area (TPSA) is 46.2 Å².